The van der Waals surface area contributed by atoms with Crippen molar-refractivity contribution in [3.63, 3.8) is 0 Å². The largest absolute Gasteiger partial charge is 0.344 e. The molecule has 4 aromatic heterocycles. The maximum absolute atomic E-state index is 14.3. The van der Waals surface area contributed by atoms with Gasteiger partial charge in [-0.2, -0.15) is 10.2 Å². The molecule has 0 saturated carbocycles. The molecule has 4 heterocycles. The molecule has 9 nitrogen and oxygen atoms in total. The van der Waals surface area contributed by atoms with Gasteiger partial charge in [-0.05, 0) is 56.5 Å². The van der Waals surface area contributed by atoms with E-state index in [1.54, 1.807) is 45.3 Å². The Morgan fingerprint density at radius 3 is 2.61 bits per heavy atom. The summed E-state index contributed by atoms with van der Waals surface area (Å²) in [5.74, 6) is 5.96. The highest BCUT2D eigenvalue weighted by Crippen LogP contribution is 2.24. The molecule has 2 aromatic carbocycles. The van der Waals surface area contributed by atoms with Gasteiger partial charge in [0.25, 0.3) is 11.5 Å². The average Bonchev–Trinajstić information content (AvgIpc) is 3.53. The number of amides is 1. The fourth-order valence-corrected chi connectivity index (χ4v) is 5.00. The average molecular weight is 542 g/mol. The van der Waals surface area contributed by atoms with Gasteiger partial charge in [0, 0.05) is 42.6 Å². The van der Waals surface area contributed by atoms with Gasteiger partial charge >= 0.3 is 0 Å². The number of aryl methyl sites for hydroxylation is 3. The molecule has 6 aromatic rings. The van der Waals surface area contributed by atoms with Gasteiger partial charge in [-0.3, -0.25) is 18.8 Å². The Hall–Kier alpha value is -5.49. The lowest BCUT2D eigenvalue weighted by molar-refractivity contribution is 0.0939. The van der Waals surface area contributed by atoms with Gasteiger partial charge in [0.05, 0.1) is 28.9 Å². The number of pyridine rings is 1. The topological polar surface area (TPSA) is 99.1 Å². The van der Waals surface area contributed by atoms with Crippen molar-refractivity contribution in [2.45, 2.75) is 26.8 Å². The minimum Gasteiger partial charge on any atom is -0.344 e. The van der Waals surface area contributed by atoms with Crippen LogP contribution in [0.25, 0.3) is 22.1 Å². The minimum absolute atomic E-state index is 0.215. The molecule has 0 aliphatic carbocycles. The molecule has 6 rings (SSSR count). The first-order valence-electron chi connectivity index (χ1n) is 13.2. The Kier molecular flexibility index (Phi) is 6.44. The van der Waals surface area contributed by atoms with E-state index in [1.807, 2.05) is 75.6 Å². The van der Waals surface area contributed by atoms with Crippen molar-refractivity contribution in [1.29, 1.82) is 0 Å². The fraction of sp³-hybridized carbons (Fsp3) is 0.156. The maximum atomic E-state index is 14.3. The molecule has 1 unspecified atom stereocenters. The van der Waals surface area contributed by atoms with Crippen molar-refractivity contribution in [2.75, 3.05) is 0 Å². The van der Waals surface area contributed by atoms with E-state index in [4.69, 9.17) is 0 Å². The summed E-state index contributed by atoms with van der Waals surface area (Å²) in [5.41, 5.74) is 5.01. The Balaban J connectivity index is 1.49. The van der Waals surface area contributed by atoms with E-state index in [0.29, 0.717) is 39.2 Å². The number of carbonyl (C=O) groups is 1. The number of carbonyl (C=O) groups excluding carboxylic acids is 1. The van der Waals surface area contributed by atoms with Gasteiger partial charge in [0.15, 0.2) is 5.65 Å². The van der Waals surface area contributed by atoms with Crippen LogP contribution in [0.5, 0.6) is 0 Å². The van der Waals surface area contributed by atoms with Crippen molar-refractivity contribution in [1.82, 2.24) is 34.3 Å². The minimum atomic E-state index is -0.524. The lowest BCUT2D eigenvalue weighted by Gasteiger charge is -2.21. The van der Waals surface area contributed by atoms with Crippen molar-refractivity contribution in [3.05, 3.63) is 123 Å². The number of hydrogen-bond acceptors (Lipinski definition) is 5. The van der Waals surface area contributed by atoms with Gasteiger partial charge in [0.1, 0.15) is 5.56 Å². The molecule has 202 valence electrons. The molecule has 41 heavy (non-hydrogen) atoms. The van der Waals surface area contributed by atoms with Crippen molar-refractivity contribution in [2.24, 2.45) is 7.05 Å². The Labute approximate surface area is 236 Å². The molecule has 0 radical (unpaired) electrons. The van der Waals surface area contributed by atoms with E-state index in [2.05, 4.69) is 32.3 Å². The highest BCUT2D eigenvalue weighted by molar-refractivity contribution is 6.01. The number of fused-ring (bicyclic) bond motifs is 2. The molecule has 1 N–H and O–H groups in total. The molecule has 9 heteroatoms. The van der Waals surface area contributed by atoms with E-state index in [-0.39, 0.29) is 11.5 Å². The van der Waals surface area contributed by atoms with Crippen LogP contribution in [-0.2, 0) is 7.05 Å². The number of nitrogens with zero attached hydrogens (tertiary/aromatic N) is 6. The highest BCUT2D eigenvalue weighted by Gasteiger charge is 2.23. The first-order valence-corrected chi connectivity index (χ1v) is 13.2. The maximum Gasteiger partial charge on any atom is 0.264 e. The molecule has 0 aliphatic heterocycles. The summed E-state index contributed by atoms with van der Waals surface area (Å²) < 4.78 is 4.93. The summed E-state index contributed by atoms with van der Waals surface area (Å²) in [6.07, 6.45) is 6.89. The van der Waals surface area contributed by atoms with Gasteiger partial charge in [-0.15, -0.1) is 0 Å². The molecular formula is C32H27N7O2. The van der Waals surface area contributed by atoms with Crippen LogP contribution >= 0.6 is 0 Å². The molecule has 0 spiro atoms. The predicted octanol–water partition coefficient (Wildman–Crippen LogP) is 4.27. The monoisotopic (exact) mass is 541 g/mol. The van der Waals surface area contributed by atoms with Crippen LogP contribution in [0.15, 0.2) is 84.2 Å². The van der Waals surface area contributed by atoms with Crippen LogP contribution in [-0.4, -0.2) is 34.9 Å². The van der Waals surface area contributed by atoms with E-state index in [9.17, 15) is 9.59 Å². The Morgan fingerprint density at radius 1 is 1.05 bits per heavy atom. The summed E-state index contributed by atoms with van der Waals surface area (Å²) >= 11 is 0. The van der Waals surface area contributed by atoms with E-state index < -0.39 is 6.04 Å². The summed E-state index contributed by atoms with van der Waals surface area (Å²) in [6.45, 7) is 5.64. The van der Waals surface area contributed by atoms with E-state index in [1.165, 1.54) is 0 Å². The summed E-state index contributed by atoms with van der Waals surface area (Å²) in [7, 11) is 1.83. The summed E-state index contributed by atoms with van der Waals surface area (Å²) in [6, 6.07) is 16.5. The molecule has 0 fully saturated rings. The molecule has 0 aliphatic rings. The second kappa shape index (κ2) is 10.2. The van der Waals surface area contributed by atoms with Crippen molar-refractivity contribution in [3.8, 4) is 17.5 Å². The second-order valence-corrected chi connectivity index (χ2v) is 10.0. The quantitative estimate of drug-likeness (QED) is 0.336. The highest BCUT2D eigenvalue weighted by atomic mass is 16.2. The van der Waals surface area contributed by atoms with Crippen LogP contribution in [0, 0.1) is 25.7 Å². The van der Waals surface area contributed by atoms with Crippen molar-refractivity contribution < 1.29 is 4.79 Å². The Bertz CT molecular complexity index is 2070. The van der Waals surface area contributed by atoms with Gasteiger partial charge < -0.3 is 5.32 Å². The zero-order chi connectivity index (χ0) is 28.7. The van der Waals surface area contributed by atoms with Crippen molar-refractivity contribution >= 4 is 22.3 Å². The van der Waals surface area contributed by atoms with Gasteiger partial charge in [-0.1, -0.05) is 41.7 Å². The molecule has 0 saturated heterocycles. The lowest BCUT2D eigenvalue weighted by Crippen LogP contribution is -2.32. The SMILES string of the molecule is Cc1ccc(-n2c(C(C)NC(=O)c3c(C)nn4cccnc34)cc3cccc(C#Cc4cnn(C)c4)c3c2=O)cc1. The first-order chi connectivity index (χ1) is 19.8. The number of hydrogen-bond donors (Lipinski definition) is 1. The lowest BCUT2D eigenvalue weighted by atomic mass is 10.0. The standard InChI is InChI=1S/C32H27N7O2/c1-20-9-13-26(14-10-20)39-27(21(2)35-31(40)28-22(3)36-38-16-6-15-33-30(28)38)17-25-8-5-7-24(29(25)32(39)41)12-11-23-18-34-37(4)19-23/h5-10,13-19,21H,1-4H3,(H,35,40). The fourth-order valence-electron chi connectivity index (χ4n) is 5.00. The number of nitrogens with one attached hydrogen (secondary N) is 1. The number of rotatable bonds is 4. The Morgan fingerprint density at radius 2 is 1.85 bits per heavy atom. The number of aromatic nitrogens is 6. The first kappa shape index (κ1) is 25.8. The van der Waals surface area contributed by atoms with E-state index >= 15 is 0 Å². The molecule has 0 bridgehead atoms. The van der Waals surface area contributed by atoms with Gasteiger partial charge in [0.2, 0.25) is 0 Å². The third kappa shape index (κ3) is 4.76. The van der Waals surface area contributed by atoms with Crippen LogP contribution < -0.4 is 10.9 Å². The molecule has 1 amide bonds. The number of benzene rings is 2. The third-order valence-electron chi connectivity index (χ3n) is 7.00. The predicted molar refractivity (Wildman–Crippen MR) is 157 cm³/mol. The van der Waals surface area contributed by atoms with E-state index in [0.717, 1.165) is 16.5 Å². The zero-order valence-electron chi connectivity index (χ0n) is 23.1. The smallest absolute Gasteiger partial charge is 0.264 e. The molecule has 1 atom stereocenters. The van der Waals surface area contributed by atoms with Crippen LogP contribution in [0.2, 0.25) is 0 Å². The zero-order valence-corrected chi connectivity index (χ0v) is 23.1. The van der Waals surface area contributed by atoms with Crippen LogP contribution in [0.1, 0.15) is 51.4 Å². The molecular weight excluding hydrogens is 514 g/mol. The summed E-state index contributed by atoms with van der Waals surface area (Å²) in [5, 5.41) is 12.9. The van der Waals surface area contributed by atoms with Gasteiger partial charge in [-0.25, -0.2) is 9.50 Å². The van der Waals surface area contributed by atoms with Crippen LogP contribution in [0.3, 0.4) is 0 Å². The third-order valence-corrected chi connectivity index (χ3v) is 7.00. The summed E-state index contributed by atoms with van der Waals surface area (Å²) in [4.78, 5) is 32.1. The van der Waals surface area contributed by atoms with Crippen LogP contribution in [0.4, 0.5) is 0 Å². The normalized spacial score (nSPS) is 11.8. The second-order valence-electron chi connectivity index (χ2n) is 10.0.